The zero-order valence-electron chi connectivity index (χ0n) is 41.9. The van der Waals surface area contributed by atoms with Crippen molar-refractivity contribution in [3.63, 3.8) is 0 Å². The van der Waals surface area contributed by atoms with Crippen LogP contribution < -0.4 is 35.8 Å². The van der Waals surface area contributed by atoms with Crippen molar-refractivity contribution in [3.8, 4) is 0 Å². The van der Waals surface area contributed by atoms with Crippen molar-refractivity contribution in [3.05, 3.63) is 88.8 Å². The Morgan fingerprint density at radius 1 is 0.900 bits per heavy atom. The van der Waals surface area contributed by atoms with Gasteiger partial charge in [0.2, 0.25) is 5.91 Å². The third-order valence-electron chi connectivity index (χ3n) is 16.1. The molecule has 6 aliphatic rings. The summed E-state index contributed by atoms with van der Waals surface area (Å²) in [6, 6.07) is 12.9. The van der Waals surface area contributed by atoms with Crippen LogP contribution in [0.2, 0.25) is 0 Å². The number of aliphatic hydroxyl groups excluding tert-OH is 1. The monoisotopic (exact) mass is 957 g/mol. The Bertz CT molecular complexity index is 2680. The number of carbonyl (C=O) groups is 2. The average molecular weight is 957 g/mol. The van der Waals surface area contributed by atoms with Crippen molar-refractivity contribution < 1.29 is 19.4 Å². The summed E-state index contributed by atoms with van der Waals surface area (Å²) in [5.74, 6) is 1.36. The van der Waals surface area contributed by atoms with E-state index in [2.05, 4.69) is 99.1 Å². The molecular weight excluding hydrogens is 885 g/mol. The second kappa shape index (κ2) is 19.4. The summed E-state index contributed by atoms with van der Waals surface area (Å²) in [5.41, 5.74) is 6.51. The van der Waals surface area contributed by atoms with Crippen LogP contribution >= 0.6 is 0 Å². The van der Waals surface area contributed by atoms with Crippen molar-refractivity contribution >= 4 is 52.0 Å². The number of aromatic nitrogens is 4. The highest BCUT2D eigenvalue weighted by Crippen LogP contribution is 2.41. The SMILES string of the molecule is C=CC(=O)Nc1cc(Nc2nc(N3CCCC(N4CCn5c(cc6c5CC(C)(C)C6)C4=O)C3CO)cn(C)c2=O)ccc1N1CCN(C2CCN(c3ccnc(N4CCOC[C@@H]4C)c3)[C@H](C)C2)C[C@@H]1C. The van der Waals surface area contributed by atoms with E-state index in [1.807, 2.05) is 29.3 Å². The maximum Gasteiger partial charge on any atom is 0.293 e. The number of morpholine rings is 1. The summed E-state index contributed by atoms with van der Waals surface area (Å²) < 4.78 is 9.41. The molecule has 3 aromatic heterocycles. The first kappa shape index (κ1) is 47.8. The Balaban J connectivity index is 0.819. The van der Waals surface area contributed by atoms with Gasteiger partial charge >= 0.3 is 0 Å². The highest BCUT2D eigenvalue weighted by molar-refractivity contribution is 6.02. The fourth-order valence-electron chi connectivity index (χ4n) is 12.6. The molecule has 3 N–H and O–H groups in total. The smallest absolute Gasteiger partial charge is 0.293 e. The lowest BCUT2D eigenvalue weighted by Crippen LogP contribution is -2.60. The van der Waals surface area contributed by atoms with Gasteiger partial charge in [0.15, 0.2) is 5.82 Å². The minimum absolute atomic E-state index is 0.0136. The van der Waals surface area contributed by atoms with Gasteiger partial charge in [-0.15, -0.1) is 0 Å². The minimum Gasteiger partial charge on any atom is -0.394 e. The molecule has 17 heteroatoms. The quantitative estimate of drug-likeness (QED) is 0.168. The second-order valence-corrected chi connectivity index (χ2v) is 21.5. The lowest BCUT2D eigenvalue weighted by atomic mass is 9.90. The summed E-state index contributed by atoms with van der Waals surface area (Å²) in [7, 11) is 1.70. The van der Waals surface area contributed by atoms with Gasteiger partial charge < -0.3 is 54.1 Å². The molecule has 374 valence electrons. The number of hydrogen-bond acceptors (Lipinski definition) is 13. The Hall–Kier alpha value is -5.91. The van der Waals surface area contributed by atoms with E-state index in [1.54, 1.807) is 13.2 Å². The number of rotatable bonds is 11. The van der Waals surface area contributed by atoms with Crippen LogP contribution in [-0.4, -0.2) is 148 Å². The van der Waals surface area contributed by atoms with Gasteiger partial charge in [0.1, 0.15) is 17.3 Å². The molecular formula is C53H72N12O5. The molecule has 1 aliphatic carbocycles. The predicted octanol–water partition coefficient (Wildman–Crippen LogP) is 5.25. The van der Waals surface area contributed by atoms with Crippen LogP contribution in [0.15, 0.2) is 66.2 Å². The number of aliphatic hydroxyl groups is 1. The molecule has 70 heavy (non-hydrogen) atoms. The molecule has 3 unspecified atom stereocenters. The summed E-state index contributed by atoms with van der Waals surface area (Å²) in [5, 5.41) is 17.3. The fourth-order valence-corrected chi connectivity index (χ4v) is 12.6. The average Bonchev–Trinajstić information content (AvgIpc) is 3.85. The van der Waals surface area contributed by atoms with Crippen molar-refractivity contribution in [2.45, 2.75) is 116 Å². The molecule has 5 aliphatic heterocycles. The number of pyridine rings is 1. The number of piperidine rings is 2. The molecule has 0 radical (unpaired) electrons. The maximum atomic E-state index is 14.2. The van der Waals surface area contributed by atoms with Crippen LogP contribution in [0.4, 0.5) is 40.2 Å². The third kappa shape index (κ3) is 9.16. The lowest BCUT2D eigenvalue weighted by Gasteiger charge is -2.48. The normalized spacial score (nSPS) is 26.0. The van der Waals surface area contributed by atoms with Crippen LogP contribution in [0.3, 0.4) is 0 Å². The molecule has 1 aromatic carbocycles. The number of fused-ring (bicyclic) bond motifs is 3. The molecule has 10 rings (SSSR count). The molecule has 0 saturated carbocycles. The van der Waals surface area contributed by atoms with Gasteiger partial charge in [0, 0.05) is 113 Å². The number of anilines is 7. The molecule has 4 aromatic rings. The highest BCUT2D eigenvalue weighted by Gasteiger charge is 2.43. The standard InChI is InChI=1S/C53H72N12O5/c1-8-49(67)56-41-26-38(11-12-42(41)61-19-18-59(30-35(61)3)39-14-17-60(34(2)24-39)40-13-15-54-47(27-40)62-22-23-70-33-36(62)4)55-50-52(69)58(7)31-48(57-50)64-16-9-10-43(46(64)32-66)65-21-20-63-44(51(65)68)25-37-28-53(5,6)29-45(37)63/h8,11-13,15,25-27,31,34-36,39,43,46,66H,1,9-10,14,16-24,28-30,32-33H2,2-7H3,(H,55,57)(H,56,67)/t34-,35+,36+,39?,43?,46?/m1/s1. The van der Waals surface area contributed by atoms with E-state index >= 15 is 0 Å². The molecule has 17 nitrogen and oxygen atoms in total. The van der Waals surface area contributed by atoms with Crippen molar-refractivity contribution in [2.75, 3.05) is 95.9 Å². The van der Waals surface area contributed by atoms with Crippen LogP contribution in [0.1, 0.15) is 82.0 Å². The van der Waals surface area contributed by atoms with E-state index in [0.717, 1.165) is 108 Å². The van der Waals surface area contributed by atoms with E-state index < -0.39 is 6.04 Å². The Kier molecular flexibility index (Phi) is 13.2. The third-order valence-corrected chi connectivity index (χ3v) is 16.1. The summed E-state index contributed by atoms with van der Waals surface area (Å²) in [6.45, 7) is 22.7. The van der Waals surface area contributed by atoms with Gasteiger partial charge in [-0.3, -0.25) is 19.3 Å². The molecule has 4 saturated heterocycles. The highest BCUT2D eigenvalue weighted by atomic mass is 16.5. The molecule has 0 bridgehead atoms. The molecule has 4 fully saturated rings. The topological polar surface area (TPSA) is 160 Å². The van der Waals surface area contributed by atoms with Crippen LogP contribution in [0.25, 0.3) is 0 Å². The Morgan fingerprint density at radius 3 is 2.50 bits per heavy atom. The van der Waals surface area contributed by atoms with E-state index in [1.165, 1.54) is 27.6 Å². The van der Waals surface area contributed by atoms with Gasteiger partial charge in [-0.1, -0.05) is 20.4 Å². The second-order valence-electron chi connectivity index (χ2n) is 21.5. The number of hydrogen-bond donors (Lipinski definition) is 3. The number of amides is 2. The predicted molar refractivity (Wildman–Crippen MR) is 276 cm³/mol. The first-order chi connectivity index (χ1) is 33.7. The lowest BCUT2D eigenvalue weighted by molar-refractivity contribution is -0.111. The number of benzene rings is 1. The summed E-state index contributed by atoms with van der Waals surface area (Å²) in [6.07, 6.45) is 10.6. The van der Waals surface area contributed by atoms with Gasteiger partial charge in [-0.05, 0) is 107 Å². The van der Waals surface area contributed by atoms with Gasteiger partial charge in [0.05, 0.1) is 49.3 Å². The molecule has 8 heterocycles. The number of ether oxygens (including phenoxy) is 1. The van der Waals surface area contributed by atoms with E-state index in [-0.39, 0.29) is 47.3 Å². The first-order valence-electron chi connectivity index (χ1n) is 25.6. The largest absolute Gasteiger partial charge is 0.394 e. The number of nitrogens with zero attached hydrogens (tertiary/aromatic N) is 10. The molecule has 0 spiro atoms. The molecule has 6 atom stereocenters. The van der Waals surface area contributed by atoms with Crippen molar-refractivity contribution in [2.24, 2.45) is 12.5 Å². The Morgan fingerprint density at radius 2 is 1.73 bits per heavy atom. The van der Waals surface area contributed by atoms with Crippen LogP contribution in [0, 0.1) is 5.41 Å². The number of aryl methyl sites for hydroxylation is 1. The molecule has 2 amide bonds. The van der Waals surface area contributed by atoms with Crippen LogP contribution in [-0.2, 0) is 36.0 Å². The first-order valence-corrected chi connectivity index (χ1v) is 25.6. The zero-order valence-corrected chi connectivity index (χ0v) is 41.9. The van der Waals surface area contributed by atoms with Crippen LogP contribution in [0.5, 0.6) is 0 Å². The van der Waals surface area contributed by atoms with Crippen molar-refractivity contribution in [1.29, 1.82) is 0 Å². The van der Waals surface area contributed by atoms with E-state index in [0.29, 0.717) is 48.4 Å². The number of nitrogens with one attached hydrogen (secondary N) is 2. The zero-order chi connectivity index (χ0) is 49.0. The van der Waals surface area contributed by atoms with E-state index in [9.17, 15) is 19.5 Å². The Labute approximate surface area is 412 Å². The van der Waals surface area contributed by atoms with Gasteiger partial charge in [-0.25, -0.2) is 9.97 Å². The van der Waals surface area contributed by atoms with Crippen molar-refractivity contribution in [1.82, 2.24) is 28.9 Å². The summed E-state index contributed by atoms with van der Waals surface area (Å²) >= 11 is 0. The minimum atomic E-state index is -0.410. The summed E-state index contributed by atoms with van der Waals surface area (Å²) in [4.78, 5) is 64.4. The number of piperazine rings is 1. The van der Waals surface area contributed by atoms with Gasteiger partial charge in [-0.2, -0.15) is 0 Å². The van der Waals surface area contributed by atoms with E-state index in [4.69, 9.17) is 14.7 Å². The number of carbonyl (C=O) groups excluding carboxylic acids is 2. The fraction of sp³-hybridized carbons (Fsp3) is 0.566. The van der Waals surface area contributed by atoms with Gasteiger partial charge in [0.25, 0.3) is 11.5 Å². The maximum absolute atomic E-state index is 14.2.